The minimum Gasteiger partial charge on any atom is -0.477 e. The van der Waals surface area contributed by atoms with Gasteiger partial charge in [0.15, 0.2) is 0 Å². The van der Waals surface area contributed by atoms with Crippen molar-refractivity contribution in [2.75, 3.05) is 16.6 Å². The van der Waals surface area contributed by atoms with Crippen LogP contribution in [0.25, 0.3) is 11.3 Å². The fourth-order valence-corrected chi connectivity index (χ4v) is 4.49. The van der Waals surface area contributed by atoms with Gasteiger partial charge in [-0.2, -0.15) is 0 Å². The number of hydrogen-bond acceptors (Lipinski definition) is 8. The van der Waals surface area contributed by atoms with Crippen LogP contribution < -0.4 is 14.8 Å². The van der Waals surface area contributed by atoms with Crippen molar-refractivity contribution in [3.05, 3.63) is 54.6 Å². The van der Waals surface area contributed by atoms with Crippen molar-refractivity contribution in [1.82, 2.24) is 19.9 Å². The SMILES string of the molecule is CCOc1cnc(-c2ccc(NC(CC)c3ccnc(NS(=O)(=O)C4CC4)n3)cc2)cn1. The van der Waals surface area contributed by atoms with Crippen LogP contribution in [0.4, 0.5) is 11.6 Å². The average Bonchev–Trinajstić information content (AvgIpc) is 3.65. The van der Waals surface area contributed by atoms with Gasteiger partial charge in [0.25, 0.3) is 0 Å². The van der Waals surface area contributed by atoms with E-state index in [1.165, 1.54) is 0 Å². The molecule has 9 nitrogen and oxygen atoms in total. The molecule has 0 radical (unpaired) electrons. The summed E-state index contributed by atoms with van der Waals surface area (Å²) in [4.78, 5) is 17.2. The lowest BCUT2D eigenvalue weighted by molar-refractivity contribution is 0.325. The highest BCUT2D eigenvalue weighted by atomic mass is 32.2. The predicted octanol–water partition coefficient (Wildman–Crippen LogP) is 3.80. The number of benzene rings is 1. The van der Waals surface area contributed by atoms with Crippen molar-refractivity contribution < 1.29 is 13.2 Å². The van der Waals surface area contributed by atoms with E-state index in [0.717, 1.165) is 29.1 Å². The van der Waals surface area contributed by atoms with E-state index in [1.807, 2.05) is 38.1 Å². The molecule has 2 aromatic heterocycles. The first-order valence-corrected chi connectivity index (χ1v) is 12.2. The molecule has 1 atom stereocenters. The largest absolute Gasteiger partial charge is 0.477 e. The fourth-order valence-electron chi connectivity index (χ4n) is 3.22. The van der Waals surface area contributed by atoms with E-state index in [0.29, 0.717) is 25.3 Å². The van der Waals surface area contributed by atoms with E-state index >= 15 is 0 Å². The van der Waals surface area contributed by atoms with Crippen LogP contribution in [0.15, 0.2) is 48.9 Å². The second kappa shape index (κ2) is 9.47. The Hall–Kier alpha value is -3.27. The first kappa shape index (κ1) is 21.9. The maximum atomic E-state index is 12.2. The normalized spacial score (nSPS) is 14.6. The van der Waals surface area contributed by atoms with Gasteiger partial charge in [0.2, 0.25) is 21.9 Å². The fraction of sp³-hybridized carbons (Fsp3) is 0.364. The Balaban J connectivity index is 1.45. The van der Waals surface area contributed by atoms with Crippen LogP contribution in [0.2, 0.25) is 0 Å². The zero-order chi connectivity index (χ0) is 22.6. The zero-order valence-electron chi connectivity index (χ0n) is 18.0. The second-order valence-electron chi connectivity index (χ2n) is 7.51. The lowest BCUT2D eigenvalue weighted by Gasteiger charge is -2.18. The number of sulfonamides is 1. The maximum Gasteiger partial charge on any atom is 0.237 e. The van der Waals surface area contributed by atoms with Crippen LogP contribution in [0.1, 0.15) is 44.8 Å². The van der Waals surface area contributed by atoms with Crippen molar-refractivity contribution >= 4 is 21.7 Å². The molecule has 0 saturated heterocycles. The molecule has 2 heterocycles. The standard InChI is InChI=1S/C22H26N6O3S/c1-3-18(19-11-12-23-22(27-19)28-32(29,30)17-9-10-17)26-16-7-5-15(6-8-16)20-13-25-21(14-24-20)31-4-2/h5-8,11-14,17-18,26H,3-4,9-10H2,1-2H3,(H,23,27,28). The highest BCUT2D eigenvalue weighted by molar-refractivity contribution is 7.93. The lowest BCUT2D eigenvalue weighted by atomic mass is 10.1. The van der Waals surface area contributed by atoms with Crippen molar-refractivity contribution in [2.24, 2.45) is 0 Å². The number of aromatic nitrogens is 4. The molecular formula is C22H26N6O3S. The van der Waals surface area contributed by atoms with Crippen LogP contribution in [-0.4, -0.2) is 40.2 Å². The minimum atomic E-state index is -3.40. The van der Waals surface area contributed by atoms with Gasteiger partial charge in [-0.05, 0) is 44.4 Å². The Bertz CT molecular complexity index is 1150. The van der Waals surface area contributed by atoms with Crippen LogP contribution in [0.3, 0.4) is 0 Å². The van der Waals surface area contributed by atoms with Crippen molar-refractivity contribution in [1.29, 1.82) is 0 Å². The molecule has 32 heavy (non-hydrogen) atoms. The first-order valence-electron chi connectivity index (χ1n) is 10.6. The molecule has 1 aliphatic rings. The van der Waals surface area contributed by atoms with Crippen LogP contribution in [0, 0.1) is 0 Å². The van der Waals surface area contributed by atoms with E-state index in [4.69, 9.17) is 4.74 Å². The van der Waals surface area contributed by atoms with Crippen LogP contribution >= 0.6 is 0 Å². The average molecular weight is 455 g/mol. The van der Waals surface area contributed by atoms with Crippen LogP contribution in [-0.2, 0) is 10.0 Å². The van der Waals surface area contributed by atoms with Gasteiger partial charge < -0.3 is 10.1 Å². The molecule has 1 saturated carbocycles. The molecule has 1 fully saturated rings. The number of hydrogen-bond donors (Lipinski definition) is 2. The Morgan fingerprint density at radius 2 is 1.84 bits per heavy atom. The van der Waals surface area contributed by atoms with E-state index in [9.17, 15) is 8.42 Å². The van der Waals surface area contributed by atoms with Crippen molar-refractivity contribution in [3.8, 4) is 17.1 Å². The predicted molar refractivity (Wildman–Crippen MR) is 123 cm³/mol. The Morgan fingerprint density at radius 1 is 1.06 bits per heavy atom. The quantitative estimate of drug-likeness (QED) is 0.475. The summed E-state index contributed by atoms with van der Waals surface area (Å²) in [5.74, 6) is 0.614. The smallest absolute Gasteiger partial charge is 0.237 e. The zero-order valence-corrected chi connectivity index (χ0v) is 18.8. The molecule has 4 rings (SSSR count). The third-order valence-corrected chi connectivity index (χ3v) is 6.90. The monoisotopic (exact) mass is 454 g/mol. The van der Waals surface area contributed by atoms with Gasteiger partial charge in [0.05, 0.1) is 41.7 Å². The second-order valence-corrected chi connectivity index (χ2v) is 9.47. The number of nitrogens with zero attached hydrogens (tertiary/aromatic N) is 4. The molecule has 0 amide bonds. The maximum absolute atomic E-state index is 12.2. The van der Waals surface area contributed by atoms with E-state index in [2.05, 4.69) is 30.0 Å². The summed E-state index contributed by atoms with van der Waals surface area (Å²) in [6, 6.07) is 9.56. The van der Waals surface area contributed by atoms with Crippen LogP contribution in [0.5, 0.6) is 5.88 Å². The van der Waals surface area contributed by atoms with Gasteiger partial charge >= 0.3 is 0 Å². The number of ether oxygens (including phenoxy) is 1. The van der Waals surface area contributed by atoms with Crippen molar-refractivity contribution in [2.45, 2.75) is 44.4 Å². The van der Waals surface area contributed by atoms with E-state index < -0.39 is 10.0 Å². The van der Waals surface area contributed by atoms with Gasteiger partial charge in [-0.3, -0.25) is 4.72 Å². The molecule has 1 unspecified atom stereocenters. The molecule has 0 bridgehead atoms. The Morgan fingerprint density at radius 3 is 2.47 bits per heavy atom. The molecule has 168 valence electrons. The van der Waals surface area contributed by atoms with Gasteiger partial charge in [0, 0.05) is 17.4 Å². The summed E-state index contributed by atoms with van der Waals surface area (Å²) in [7, 11) is -3.40. The van der Waals surface area contributed by atoms with Gasteiger partial charge in [-0.1, -0.05) is 19.1 Å². The number of nitrogens with one attached hydrogen (secondary N) is 2. The number of anilines is 2. The third-order valence-electron chi connectivity index (χ3n) is 5.08. The van der Waals surface area contributed by atoms with Gasteiger partial charge in [-0.25, -0.2) is 28.4 Å². The third kappa shape index (κ3) is 5.31. The summed E-state index contributed by atoms with van der Waals surface area (Å²) in [5, 5.41) is 3.13. The number of rotatable bonds is 10. The lowest BCUT2D eigenvalue weighted by Crippen LogP contribution is -2.20. The Kier molecular flexibility index (Phi) is 6.50. The van der Waals surface area contributed by atoms with Gasteiger partial charge in [-0.15, -0.1) is 0 Å². The summed E-state index contributed by atoms with van der Waals surface area (Å²) < 4.78 is 32.2. The molecule has 10 heteroatoms. The van der Waals surface area contributed by atoms with E-state index in [1.54, 1.807) is 24.7 Å². The molecule has 1 aliphatic carbocycles. The Labute approximate surface area is 187 Å². The summed E-state index contributed by atoms with van der Waals surface area (Å²) in [6.45, 7) is 4.49. The molecule has 2 N–H and O–H groups in total. The summed E-state index contributed by atoms with van der Waals surface area (Å²) in [6.07, 6.45) is 7.01. The molecule has 1 aromatic carbocycles. The molecule has 0 aliphatic heterocycles. The molecule has 3 aromatic rings. The topological polar surface area (TPSA) is 119 Å². The van der Waals surface area contributed by atoms with E-state index in [-0.39, 0.29) is 17.2 Å². The summed E-state index contributed by atoms with van der Waals surface area (Å²) in [5.41, 5.74) is 3.34. The highest BCUT2D eigenvalue weighted by Gasteiger charge is 2.36. The minimum absolute atomic E-state index is 0.0988. The molecular weight excluding hydrogens is 428 g/mol. The summed E-state index contributed by atoms with van der Waals surface area (Å²) >= 11 is 0. The first-order chi connectivity index (χ1) is 15.5. The van der Waals surface area contributed by atoms with Crippen molar-refractivity contribution in [3.63, 3.8) is 0 Å². The highest BCUT2D eigenvalue weighted by Crippen LogP contribution is 2.29. The van der Waals surface area contributed by atoms with Gasteiger partial charge in [0.1, 0.15) is 0 Å². The molecule has 0 spiro atoms.